The van der Waals surface area contributed by atoms with E-state index in [0.29, 0.717) is 24.6 Å². The minimum atomic E-state index is -0.155. The second kappa shape index (κ2) is 6.81. The third-order valence-corrected chi connectivity index (χ3v) is 5.86. The molecule has 9 nitrogen and oxygen atoms in total. The van der Waals surface area contributed by atoms with E-state index in [1.165, 1.54) is 6.33 Å². The zero-order valence-electron chi connectivity index (χ0n) is 17.3. The van der Waals surface area contributed by atoms with Gasteiger partial charge in [-0.2, -0.15) is 5.10 Å². The molecule has 1 aliphatic rings. The first-order chi connectivity index (χ1) is 14.5. The number of nitrogen functional groups attached to an aromatic ring is 1. The van der Waals surface area contributed by atoms with Gasteiger partial charge in [-0.3, -0.25) is 14.6 Å². The van der Waals surface area contributed by atoms with Crippen LogP contribution in [0.3, 0.4) is 0 Å². The minimum absolute atomic E-state index is 0.0918. The number of carbonyl (C=O) groups is 1. The first kappa shape index (κ1) is 18.6. The molecule has 1 saturated heterocycles. The van der Waals surface area contributed by atoms with Crippen molar-refractivity contribution in [2.24, 2.45) is 0 Å². The number of rotatable bonds is 3. The molecule has 4 aromatic rings. The lowest BCUT2D eigenvalue weighted by Crippen LogP contribution is -2.49. The molecular weight excluding hydrogens is 380 g/mol. The van der Waals surface area contributed by atoms with Crippen LogP contribution in [0, 0.1) is 6.92 Å². The SMILES string of the molecule is Cc1nn(C(C)c2cc3ccccn3c2N2CCN(C)CC2=O)c2ncnc(N)c12. The highest BCUT2D eigenvalue weighted by Gasteiger charge is 2.30. The van der Waals surface area contributed by atoms with Gasteiger partial charge in [-0.05, 0) is 39.1 Å². The number of anilines is 2. The van der Waals surface area contributed by atoms with Crippen molar-refractivity contribution in [2.75, 3.05) is 37.3 Å². The Balaban J connectivity index is 1.70. The molecule has 0 aliphatic carbocycles. The Morgan fingerprint density at radius 1 is 1.20 bits per heavy atom. The van der Waals surface area contributed by atoms with Crippen LogP contribution in [0.1, 0.15) is 24.2 Å². The number of piperazine rings is 1. The molecule has 154 valence electrons. The Morgan fingerprint density at radius 2 is 2.03 bits per heavy atom. The zero-order chi connectivity index (χ0) is 21.0. The summed E-state index contributed by atoms with van der Waals surface area (Å²) in [6.45, 7) is 5.86. The molecule has 1 unspecified atom stereocenters. The van der Waals surface area contributed by atoms with E-state index in [9.17, 15) is 4.79 Å². The van der Waals surface area contributed by atoms with Crippen LogP contribution in [-0.4, -0.2) is 61.6 Å². The largest absolute Gasteiger partial charge is 0.383 e. The topological polar surface area (TPSA) is 97.6 Å². The van der Waals surface area contributed by atoms with Crippen molar-refractivity contribution in [3.63, 3.8) is 0 Å². The van der Waals surface area contributed by atoms with Crippen LogP contribution in [-0.2, 0) is 4.79 Å². The number of pyridine rings is 1. The van der Waals surface area contributed by atoms with Crippen molar-refractivity contribution in [1.82, 2.24) is 29.0 Å². The van der Waals surface area contributed by atoms with Crippen molar-refractivity contribution in [1.29, 1.82) is 0 Å². The summed E-state index contributed by atoms with van der Waals surface area (Å²) >= 11 is 0. The fraction of sp³-hybridized carbons (Fsp3) is 0.333. The van der Waals surface area contributed by atoms with Gasteiger partial charge in [0.15, 0.2) is 5.65 Å². The maximum atomic E-state index is 12.9. The molecule has 0 radical (unpaired) electrons. The van der Waals surface area contributed by atoms with Gasteiger partial charge in [0.05, 0.1) is 23.7 Å². The molecule has 9 heteroatoms. The highest BCUT2D eigenvalue weighted by Crippen LogP contribution is 2.35. The number of carbonyl (C=O) groups excluding carboxylic acids is 1. The normalized spacial score (nSPS) is 16.6. The van der Waals surface area contributed by atoms with Gasteiger partial charge in [0.25, 0.3) is 0 Å². The van der Waals surface area contributed by atoms with Crippen LogP contribution in [0.25, 0.3) is 16.6 Å². The zero-order valence-corrected chi connectivity index (χ0v) is 17.3. The second-order valence-electron chi connectivity index (χ2n) is 7.87. The maximum Gasteiger partial charge on any atom is 0.242 e. The van der Waals surface area contributed by atoms with E-state index in [-0.39, 0.29) is 11.9 Å². The molecule has 0 bridgehead atoms. The summed E-state index contributed by atoms with van der Waals surface area (Å²) in [6.07, 6.45) is 3.46. The van der Waals surface area contributed by atoms with Crippen LogP contribution < -0.4 is 10.6 Å². The summed E-state index contributed by atoms with van der Waals surface area (Å²) in [5.74, 6) is 1.40. The minimum Gasteiger partial charge on any atom is -0.383 e. The van der Waals surface area contributed by atoms with Crippen molar-refractivity contribution < 1.29 is 4.79 Å². The van der Waals surface area contributed by atoms with Crippen LogP contribution in [0.4, 0.5) is 11.6 Å². The monoisotopic (exact) mass is 404 g/mol. The molecule has 0 spiro atoms. The number of amides is 1. The Bertz CT molecular complexity index is 1270. The molecule has 1 aliphatic heterocycles. The van der Waals surface area contributed by atoms with Gasteiger partial charge in [-0.1, -0.05) is 6.07 Å². The van der Waals surface area contributed by atoms with E-state index in [2.05, 4.69) is 27.4 Å². The maximum absolute atomic E-state index is 12.9. The van der Waals surface area contributed by atoms with Crippen molar-refractivity contribution >= 4 is 34.1 Å². The molecule has 1 atom stereocenters. The van der Waals surface area contributed by atoms with Gasteiger partial charge < -0.3 is 10.1 Å². The molecular formula is C21H24N8O. The third-order valence-electron chi connectivity index (χ3n) is 5.86. The summed E-state index contributed by atoms with van der Waals surface area (Å²) in [7, 11) is 1.97. The summed E-state index contributed by atoms with van der Waals surface area (Å²) in [5, 5.41) is 5.50. The average molecular weight is 404 g/mol. The summed E-state index contributed by atoms with van der Waals surface area (Å²) < 4.78 is 3.96. The van der Waals surface area contributed by atoms with E-state index < -0.39 is 0 Å². The number of aryl methyl sites for hydroxylation is 1. The van der Waals surface area contributed by atoms with Gasteiger partial charge in [-0.15, -0.1) is 0 Å². The molecule has 30 heavy (non-hydrogen) atoms. The first-order valence-corrected chi connectivity index (χ1v) is 10.00. The number of nitrogens with two attached hydrogens (primary N) is 1. The van der Waals surface area contributed by atoms with E-state index in [1.54, 1.807) is 0 Å². The lowest BCUT2D eigenvalue weighted by molar-refractivity contribution is -0.120. The van der Waals surface area contributed by atoms with Gasteiger partial charge in [0.2, 0.25) is 5.91 Å². The Morgan fingerprint density at radius 3 is 2.83 bits per heavy atom. The predicted molar refractivity (Wildman–Crippen MR) is 116 cm³/mol. The Hall–Kier alpha value is -3.46. The number of hydrogen-bond acceptors (Lipinski definition) is 6. The van der Waals surface area contributed by atoms with Gasteiger partial charge in [-0.25, -0.2) is 14.6 Å². The summed E-state index contributed by atoms with van der Waals surface area (Å²) in [5.41, 5.74) is 9.61. The summed E-state index contributed by atoms with van der Waals surface area (Å²) in [6, 6.07) is 8.00. The molecule has 2 N–H and O–H groups in total. The van der Waals surface area contributed by atoms with E-state index >= 15 is 0 Å². The van der Waals surface area contributed by atoms with Crippen LogP contribution in [0.15, 0.2) is 36.8 Å². The number of aromatic nitrogens is 5. The molecule has 5 rings (SSSR count). The van der Waals surface area contributed by atoms with E-state index in [4.69, 9.17) is 10.8 Å². The average Bonchev–Trinajstić information content (AvgIpc) is 3.27. The Labute approximate surface area is 173 Å². The fourth-order valence-electron chi connectivity index (χ4n) is 4.31. The predicted octanol–water partition coefficient (Wildman–Crippen LogP) is 1.86. The molecule has 5 heterocycles. The van der Waals surface area contributed by atoms with Crippen LogP contribution >= 0.6 is 0 Å². The molecule has 1 amide bonds. The molecule has 1 fully saturated rings. The van der Waals surface area contributed by atoms with Gasteiger partial charge in [0, 0.05) is 30.4 Å². The number of likely N-dealkylation sites (N-methyl/N-ethyl adjacent to an activating group) is 1. The molecule has 4 aromatic heterocycles. The third kappa shape index (κ3) is 2.73. The fourth-order valence-corrected chi connectivity index (χ4v) is 4.31. The van der Waals surface area contributed by atoms with Gasteiger partial charge >= 0.3 is 0 Å². The Kier molecular flexibility index (Phi) is 4.21. The van der Waals surface area contributed by atoms with E-state index in [0.717, 1.165) is 34.5 Å². The van der Waals surface area contributed by atoms with Crippen molar-refractivity contribution in [3.8, 4) is 0 Å². The number of fused-ring (bicyclic) bond motifs is 2. The standard InChI is InChI=1S/C21H24N8O/c1-13-18-19(22)23-12-24-20(18)29(25-13)14(2)16-10-15-6-4-5-7-27(15)21(16)28-9-8-26(3)11-17(28)30/h4-7,10,12,14H,8-9,11H2,1-3H3,(H2,22,23,24). The van der Waals surface area contributed by atoms with Gasteiger partial charge in [0.1, 0.15) is 18.0 Å². The van der Waals surface area contributed by atoms with Crippen molar-refractivity contribution in [2.45, 2.75) is 19.9 Å². The second-order valence-corrected chi connectivity index (χ2v) is 7.87. The van der Waals surface area contributed by atoms with Crippen LogP contribution in [0.2, 0.25) is 0 Å². The number of nitrogens with zero attached hydrogens (tertiary/aromatic N) is 7. The highest BCUT2D eigenvalue weighted by atomic mass is 16.2. The van der Waals surface area contributed by atoms with E-state index in [1.807, 2.05) is 52.8 Å². The summed E-state index contributed by atoms with van der Waals surface area (Å²) in [4.78, 5) is 25.4. The lowest BCUT2D eigenvalue weighted by Gasteiger charge is -2.33. The molecule has 0 saturated carbocycles. The number of hydrogen-bond donors (Lipinski definition) is 1. The molecule has 0 aromatic carbocycles. The quantitative estimate of drug-likeness (QED) is 0.560. The van der Waals surface area contributed by atoms with Crippen LogP contribution in [0.5, 0.6) is 0 Å². The van der Waals surface area contributed by atoms with Crippen molar-refractivity contribution in [3.05, 3.63) is 48.0 Å². The first-order valence-electron chi connectivity index (χ1n) is 10.00. The smallest absolute Gasteiger partial charge is 0.242 e. The lowest BCUT2D eigenvalue weighted by atomic mass is 10.1. The highest BCUT2D eigenvalue weighted by molar-refractivity contribution is 5.96.